The zero-order valence-corrected chi connectivity index (χ0v) is 17.6. The fourth-order valence-electron chi connectivity index (χ4n) is 2.89. The highest BCUT2D eigenvalue weighted by molar-refractivity contribution is 5.98. The van der Waals surface area contributed by atoms with E-state index in [2.05, 4.69) is 37.3 Å². The quantitative estimate of drug-likeness (QED) is 0.425. The van der Waals surface area contributed by atoms with E-state index in [1.807, 2.05) is 32.3 Å². The third-order valence-electron chi connectivity index (χ3n) is 4.44. The maximum absolute atomic E-state index is 11.6. The van der Waals surface area contributed by atoms with Crippen LogP contribution in [0.5, 0.6) is 11.6 Å². The molecule has 0 aliphatic heterocycles. The van der Waals surface area contributed by atoms with Crippen molar-refractivity contribution in [2.45, 2.75) is 6.92 Å². The normalized spacial score (nSPS) is 10.4. The van der Waals surface area contributed by atoms with Crippen LogP contribution in [0, 0.1) is 6.92 Å². The summed E-state index contributed by atoms with van der Waals surface area (Å²) in [5, 5.41) is 9.96. The number of anilines is 3. The third-order valence-corrected chi connectivity index (χ3v) is 4.44. The summed E-state index contributed by atoms with van der Waals surface area (Å²) in [6.07, 6.45) is 8.12. The standard InChI is InChI=1S/C23H21N7O2/c1-4-21(31)27-17-6-5-7-19(10-17)32-22-20(16-9-8-15(2)24-11-16)13-25-23(29-22)28-18-12-26-30(3)14-18/h4-14H,1H2,2-3H3,(H,27,31)(H,25,28,29). The van der Waals surface area contributed by atoms with Gasteiger partial charge in [-0.15, -0.1) is 0 Å². The van der Waals surface area contributed by atoms with Gasteiger partial charge in [0.2, 0.25) is 17.7 Å². The van der Waals surface area contributed by atoms with Crippen LogP contribution in [-0.2, 0) is 11.8 Å². The minimum Gasteiger partial charge on any atom is -0.438 e. The van der Waals surface area contributed by atoms with Crippen LogP contribution >= 0.6 is 0 Å². The summed E-state index contributed by atoms with van der Waals surface area (Å²) in [6.45, 7) is 5.38. The van der Waals surface area contributed by atoms with E-state index >= 15 is 0 Å². The molecule has 0 aliphatic rings. The van der Waals surface area contributed by atoms with Crippen LogP contribution in [0.3, 0.4) is 0 Å². The van der Waals surface area contributed by atoms with E-state index in [-0.39, 0.29) is 5.91 Å². The Kier molecular flexibility index (Phi) is 5.89. The van der Waals surface area contributed by atoms with Crippen LogP contribution in [0.1, 0.15) is 5.69 Å². The zero-order chi connectivity index (χ0) is 22.5. The summed E-state index contributed by atoms with van der Waals surface area (Å²) >= 11 is 0. The van der Waals surface area contributed by atoms with Gasteiger partial charge in [0.05, 0.1) is 17.4 Å². The largest absolute Gasteiger partial charge is 0.438 e. The molecule has 4 aromatic rings. The van der Waals surface area contributed by atoms with Crippen molar-refractivity contribution in [3.63, 3.8) is 0 Å². The third kappa shape index (κ3) is 4.96. The van der Waals surface area contributed by atoms with E-state index in [0.29, 0.717) is 28.8 Å². The van der Waals surface area contributed by atoms with Crippen LogP contribution < -0.4 is 15.4 Å². The minimum atomic E-state index is -0.307. The van der Waals surface area contributed by atoms with Gasteiger partial charge < -0.3 is 15.4 Å². The van der Waals surface area contributed by atoms with Crippen molar-refractivity contribution in [3.8, 4) is 22.8 Å². The van der Waals surface area contributed by atoms with Gasteiger partial charge in [0.25, 0.3) is 0 Å². The molecule has 3 heterocycles. The molecular formula is C23H21N7O2. The Morgan fingerprint density at radius 2 is 2.00 bits per heavy atom. The van der Waals surface area contributed by atoms with Crippen LogP contribution in [0.15, 0.2) is 73.8 Å². The van der Waals surface area contributed by atoms with E-state index in [4.69, 9.17) is 4.74 Å². The first-order chi connectivity index (χ1) is 15.5. The number of rotatable bonds is 7. The highest BCUT2D eigenvalue weighted by atomic mass is 16.5. The SMILES string of the molecule is C=CC(=O)Nc1cccc(Oc2nc(Nc3cnn(C)c3)ncc2-c2ccc(C)nc2)c1. The summed E-state index contributed by atoms with van der Waals surface area (Å²) in [7, 11) is 1.83. The van der Waals surface area contributed by atoms with Gasteiger partial charge in [-0.05, 0) is 31.2 Å². The lowest BCUT2D eigenvalue weighted by atomic mass is 10.1. The summed E-state index contributed by atoms with van der Waals surface area (Å²) in [5.74, 6) is 0.884. The molecule has 32 heavy (non-hydrogen) atoms. The number of carbonyl (C=O) groups excluding carboxylic acids is 1. The maximum atomic E-state index is 11.6. The lowest BCUT2D eigenvalue weighted by Gasteiger charge is -2.13. The van der Waals surface area contributed by atoms with Gasteiger partial charge in [0.15, 0.2) is 0 Å². The van der Waals surface area contributed by atoms with Gasteiger partial charge in [-0.3, -0.25) is 14.5 Å². The van der Waals surface area contributed by atoms with Crippen molar-refractivity contribution in [3.05, 3.63) is 79.5 Å². The molecule has 0 unspecified atom stereocenters. The molecule has 0 spiro atoms. The second-order valence-corrected chi connectivity index (χ2v) is 6.95. The molecule has 0 atom stereocenters. The van der Waals surface area contributed by atoms with Gasteiger partial charge in [-0.1, -0.05) is 18.7 Å². The fourth-order valence-corrected chi connectivity index (χ4v) is 2.89. The number of benzene rings is 1. The molecule has 0 aliphatic carbocycles. The van der Waals surface area contributed by atoms with Crippen LogP contribution in [0.4, 0.5) is 17.3 Å². The number of carbonyl (C=O) groups is 1. The van der Waals surface area contributed by atoms with Gasteiger partial charge in [0.1, 0.15) is 5.75 Å². The number of amides is 1. The van der Waals surface area contributed by atoms with Gasteiger partial charge in [-0.2, -0.15) is 10.1 Å². The Labute approximate surface area is 184 Å². The van der Waals surface area contributed by atoms with Crippen molar-refractivity contribution in [2.24, 2.45) is 7.05 Å². The van der Waals surface area contributed by atoms with Crippen molar-refractivity contribution in [1.29, 1.82) is 0 Å². The molecule has 1 amide bonds. The molecule has 2 N–H and O–H groups in total. The van der Waals surface area contributed by atoms with E-state index in [0.717, 1.165) is 16.9 Å². The fraction of sp³-hybridized carbons (Fsp3) is 0.0870. The van der Waals surface area contributed by atoms with E-state index in [1.54, 1.807) is 47.5 Å². The molecule has 1 aromatic carbocycles. The highest BCUT2D eigenvalue weighted by Crippen LogP contribution is 2.33. The molecule has 0 saturated heterocycles. The lowest BCUT2D eigenvalue weighted by molar-refractivity contribution is -0.111. The first kappa shape index (κ1) is 20.7. The number of hydrogen-bond donors (Lipinski definition) is 2. The predicted octanol–water partition coefficient (Wildman–Crippen LogP) is 4.24. The molecule has 0 saturated carbocycles. The highest BCUT2D eigenvalue weighted by Gasteiger charge is 2.14. The molecule has 0 radical (unpaired) electrons. The Balaban J connectivity index is 1.69. The Morgan fingerprint density at radius 1 is 1.12 bits per heavy atom. The van der Waals surface area contributed by atoms with Gasteiger partial charge in [0, 0.05) is 48.6 Å². The van der Waals surface area contributed by atoms with Crippen molar-refractivity contribution >= 4 is 23.2 Å². The first-order valence-electron chi connectivity index (χ1n) is 9.77. The van der Waals surface area contributed by atoms with Crippen molar-refractivity contribution in [2.75, 3.05) is 10.6 Å². The smallest absolute Gasteiger partial charge is 0.247 e. The summed E-state index contributed by atoms with van der Waals surface area (Å²) in [4.78, 5) is 25.0. The van der Waals surface area contributed by atoms with E-state index < -0.39 is 0 Å². The van der Waals surface area contributed by atoms with Crippen LogP contribution in [0.2, 0.25) is 0 Å². The second kappa shape index (κ2) is 9.09. The van der Waals surface area contributed by atoms with Gasteiger partial charge >= 0.3 is 0 Å². The molecule has 9 nitrogen and oxygen atoms in total. The predicted molar refractivity (Wildman–Crippen MR) is 122 cm³/mol. The number of hydrogen-bond acceptors (Lipinski definition) is 7. The average Bonchev–Trinajstić information content (AvgIpc) is 3.19. The molecular weight excluding hydrogens is 406 g/mol. The number of aromatic nitrogens is 5. The molecule has 9 heteroatoms. The monoisotopic (exact) mass is 427 g/mol. The topological polar surface area (TPSA) is 107 Å². The van der Waals surface area contributed by atoms with Crippen molar-refractivity contribution in [1.82, 2.24) is 24.7 Å². The Morgan fingerprint density at radius 3 is 2.72 bits per heavy atom. The number of pyridine rings is 1. The Bertz CT molecular complexity index is 1270. The number of nitrogens with zero attached hydrogens (tertiary/aromatic N) is 5. The summed E-state index contributed by atoms with van der Waals surface area (Å²) < 4.78 is 7.79. The number of aryl methyl sites for hydroxylation is 2. The molecule has 0 bridgehead atoms. The first-order valence-corrected chi connectivity index (χ1v) is 9.77. The average molecular weight is 427 g/mol. The molecule has 3 aromatic heterocycles. The second-order valence-electron chi connectivity index (χ2n) is 6.95. The molecule has 160 valence electrons. The summed E-state index contributed by atoms with van der Waals surface area (Å²) in [5.41, 5.74) is 3.72. The zero-order valence-electron chi connectivity index (χ0n) is 17.6. The molecule has 0 fully saturated rings. The lowest BCUT2D eigenvalue weighted by Crippen LogP contribution is -2.07. The maximum Gasteiger partial charge on any atom is 0.247 e. The van der Waals surface area contributed by atoms with E-state index in [1.165, 1.54) is 6.08 Å². The molecule has 4 rings (SSSR count). The van der Waals surface area contributed by atoms with Crippen molar-refractivity contribution < 1.29 is 9.53 Å². The summed E-state index contributed by atoms with van der Waals surface area (Å²) in [6, 6.07) is 10.9. The van der Waals surface area contributed by atoms with Gasteiger partial charge in [-0.25, -0.2) is 4.98 Å². The number of nitrogens with one attached hydrogen (secondary N) is 2. The van der Waals surface area contributed by atoms with Crippen LogP contribution in [-0.4, -0.2) is 30.6 Å². The van der Waals surface area contributed by atoms with Crippen LogP contribution in [0.25, 0.3) is 11.1 Å². The Hall–Kier alpha value is -4.53. The van der Waals surface area contributed by atoms with E-state index in [9.17, 15) is 4.79 Å². The minimum absolute atomic E-state index is 0.307. The number of ether oxygens (including phenoxy) is 1.